The first-order chi connectivity index (χ1) is 17.4. The predicted octanol–water partition coefficient (Wildman–Crippen LogP) is 5.26. The SMILES string of the molecule is COc1cccc(/C=C/C(=O)Nc2cc(/C=C/c3cc(OC)c(OC)c(OC)c3)cc(O)c2OC)c1. The minimum absolute atomic E-state index is 0.114. The summed E-state index contributed by atoms with van der Waals surface area (Å²) >= 11 is 0. The highest BCUT2D eigenvalue weighted by molar-refractivity contribution is 6.03. The molecule has 1 amide bonds. The molecule has 0 fully saturated rings. The third kappa shape index (κ3) is 6.29. The molecule has 0 aromatic heterocycles. The molecule has 0 saturated carbocycles. The van der Waals surface area contributed by atoms with Gasteiger partial charge in [-0.05, 0) is 59.2 Å². The van der Waals surface area contributed by atoms with E-state index in [4.69, 9.17) is 23.7 Å². The maximum atomic E-state index is 12.6. The third-order valence-corrected chi connectivity index (χ3v) is 5.23. The van der Waals surface area contributed by atoms with Gasteiger partial charge in [0.05, 0.1) is 41.2 Å². The fraction of sp³-hybridized carbons (Fsp3) is 0.179. The lowest BCUT2D eigenvalue weighted by Crippen LogP contribution is -2.09. The van der Waals surface area contributed by atoms with Crippen LogP contribution < -0.4 is 29.0 Å². The van der Waals surface area contributed by atoms with Crippen molar-refractivity contribution in [2.75, 3.05) is 40.9 Å². The van der Waals surface area contributed by atoms with Gasteiger partial charge in [0.25, 0.3) is 0 Å². The number of carbonyl (C=O) groups is 1. The number of carbonyl (C=O) groups excluding carboxylic acids is 1. The van der Waals surface area contributed by atoms with E-state index in [0.29, 0.717) is 34.2 Å². The Morgan fingerprint density at radius 1 is 0.722 bits per heavy atom. The molecule has 0 unspecified atom stereocenters. The minimum Gasteiger partial charge on any atom is -0.504 e. The van der Waals surface area contributed by atoms with Crippen LogP contribution in [0.2, 0.25) is 0 Å². The molecule has 0 spiro atoms. The second-order valence-corrected chi connectivity index (χ2v) is 7.51. The quantitative estimate of drug-likeness (QED) is 0.295. The zero-order valence-electron chi connectivity index (χ0n) is 20.8. The average molecular weight is 492 g/mol. The number of phenols is 1. The van der Waals surface area contributed by atoms with Crippen molar-refractivity contribution in [1.29, 1.82) is 0 Å². The number of hydrogen-bond donors (Lipinski definition) is 2. The zero-order valence-corrected chi connectivity index (χ0v) is 20.8. The van der Waals surface area contributed by atoms with E-state index in [-0.39, 0.29) is 17.4 Å². The van der Waals surface area contributed by atoms with Gasteiger partial charge in [-0.3, -0.25) is 4.79 Å². The molecule has 3 aromatic rings. The van der Waals surface area contributed by atoms with Crippen molar-refractivity contribution in [2.45, 2.75) is 0 Å². The summed E-state index contributed by atoms with van der Waals surface area (Å²) in [5.41, 5.74) is 2.55. The maximum Gasteiger partial charge on any atom is 0.248 e. The van der Waals surface area contributed by atoms with Crippen LogP contribution in [-0.4, -0.2) is 46.6 Å². The van der Waals surface area contributed by atoms with Crippen LogP contribution in [0, 0.1) is 0 Å². The summed E-state index contributed by atoms with van der Waals surface area (Å²) in [6.45, 7) is 0. The lowest BCUT2D eigenvalue weighted by Gasteiger charge is -2.13. The number of nitrogens with one attached hydrogen (secondary N) is 1. The lowest BCUT2D eigenvalue weighted by molar-refractivity contribution is -0.111. The molecule has 188 valence electrons. The van der Waals surface area contributed by atoms with Crippen LogP contribution in [0.4, 0.5) is 5.69 Å². The van der Waals surface area contributed by atoms with Crippen molar-refractivity contribution in [3.63, 3.8) is 0 Å². The molecule has 0 aliphatic heterocycles. The topological polar surface area (TPSA) is 95.5 Å². The van der Waals surface area contributed by atoms with E-state index in [0.717, 1.165) is 11.1 Å². The van der Waals surface area contributed by atoms with Crippen LogP contribution >= 0.6 is 0 Å². The summed E-state index contributed by atoms with van der Waals surface area (Å²) in [5, 5.41) is 13.2. The Hall–Kier alpha value is -4.59. The second-order valence-electron chi connectivity index (χ2n) is 7.51. The van der Waals surface area contributed by atoms with Crippen molar-refractivity contribution in [3.05, 3.63) is 71.3 Å². The number of benzene rings is 3. The first-order valence-corrected chi connectivity index (χ1v) is 10.9. The van der Waals surface area contributed by atoms with Gasteiger partial charge in [-0.15, -0.1) is 0 Å². The summed E-state index contributed by atoms with van der Waals surface area (Å²) in [5.74, 6) is 1.87. The monoisotopic (exact) mass is 491 g/mol. The van der Waals surface area contributed by atoms with Gasteiger partial charge in [0, 0.05) is 6.08 Å². The fourth-order valence-electron chi connectivity index (χ4n) is 3.52. The number of amides is 1. The molecular weight excluding hydrogens is 462 g/mol. The van der Waals surface area contributed by atoms with Crippen LogP contribution in [0.5, 0.6) is 34.5 Å². The lowest BCUT2D eigenvalue weighted by atomic mass is 10.1. The molecule has 3 aromatic carbocycles. The Labute approximate surface area is 210 Å². The van der Waals surface area contributed by atoms with Crippen molar-refractivity contribution in [3.8, 4) is 34.5 Å². The normalized spacial score (nSPS) is 10.9. The highest BCUT2D eigenvalue weighted by Crippen LogP contribution is 2.39. The molecule has 0 bridgehead atoms. The van der Waals surface area contributed by atoms with E-state index >= 15 is 0 Å². The molecule has 0 heterocycles. The molecule has 36 heavy (non-hydrogen) atoms. The van der Waals surface area contributed by atoms with E-state index in [1.165, 1.54) is 26.4 Å². The van der Waals surface area contributed by atoms with Crippen molar-refractivity contribution in [1.82, 2.24) is 0 Å². The maximum absolute atomic E-state index is 12.6. The molecule has 0 saturated heterocycles. The number of phenolic OH excluding ortho intramolecular Hbond substituents is 1. The van der Waals surface area contributed by atoms with Gasteiger partial charge in [0.1, 0.15) is 5.75 Å². The van der Waals surface area contributed by atoms with E-state index in [2.05, 4.69) is 5.32 Å². The van der Waals surface area contributed by atoms with Crippen molar-refractivity contribution >= 4 is 29.8 Å². The van der Waals surface area contributed by atoms with Gasteiger partial charge in [-0.1, -0.05) is 24.3 Å². The standard InChI is InChI=1S/C28H29NO7/c1-32-21-8-6-7-18(13-21)11-12-26(31)29-22-14-19(15-23(30)27(22)35-4)9-10-20-16-24(33-2)28(36-5)25(17-20)34-3/h6-17,30H,1-5H3,(H,29,31)/b10-9+,12-11+. The molecule has 0 aliphatic carbocycles. The largest absolute Gasteiger partial charge is 0.504 e. The van der Waals surface area contributed by atoms with Gasteiger partial charge in [0.15, 0.2) is 23.0 Å². The Kier molecular flexibility index (Phi) is 8.83. The molecule has 0 aliphatic rings. The molecule has 2 N–H and O–H groups in total. The Bertz CT molecular complexity index is 1260. The first kappa shape index (κ1) is 26.0. The number of hydrogen-bond acceptors (Lipinski definition) is 7. The Balaban J connectivity index is 1.86. The van der Waals surface area contributed by atoms with Crippen LogP contribution in [0.15, 0.2) is 54.6 Å². The number of ether oxygens (including phenoxy) is 5. The van der Waals surface area contributed by atoms with Gasteiger partial charge < -0.3 is 34.1 Å². The molecule has 8 heteroatoms. The van der Waals surface area contributed by atoms with Crippen molar-refractivity contribution in [2.24, 2.45) is 0 Å². The third-order valence-electron chi connectivity index (χ3n) is 5.23. The smallest absolute Gasteiger partial charge is 0.248 e. The van der Waals surface area contributed by atoms with Gasteiger partial charge in [-0.2, -0.15) is 0 Å². The summed E-state index contributed by atoms with van der Waals surface area (Å²) in [4.78, 5) is 12.6. The van der Waals surface area contributed by atoms with Gasteiger partial charge >= 0.3 is 0 Å². The highest BCUT2D eigenvalue weighted by atomic mass is 16.5. The van der Waals surface area contributed by atoms with E-state index in [1.54, 1.807) is 51.7 Å². The minimum atomic E-state index is -0.388. The van der Waals surface area contributed by atoms with Gasteiger partial charge in [0.2, 0.25) is 11.7 Å². The Morgan fingerprint density at radius 3 is 1.94 bits per heavy atom. The van der Waals surface area contributed by atoms with Gasteiger partial charge in [-0.25, -0.2) is 0 Å². The molecule has 0 radical (unpaired) electrons. The van der Waals surface area contributed by atoms with Crippen LogP contribution in [0.3, 0.4) is 0 Å². The molecule has 0 atom stereocenters. The highest BCUT2D eigenvalue weighted by Gasteiger charge is 2.14. The number of anilines is 1. The molecule has 8 nitrogen and oxygen atoms in total. The second kappa shape index (κ2) is 12.2. The molecule has 3 rings (SSSR count). The summed E-state index contributed by atoms with van der Waals surface area (Å²) in [6, 6.07) is 14.2. The summed E-state index contributed by atoms with van der Waals surface area (Å²) in [6.07, 6.45) is 6.66. The number of rotatable bonds is 10. The summed E-state index contributed by atoms with van der Waals surface area (Å²) in [7, 11) is 7.63. The van der Waals surface area contributed by atoms with E-state index in [1.807, 2.05) is 30.3 Å². The van der Waals surface area contributed by atoms with Crippen molar-refractivity contribution < 1.29 is 33.6 Å². The average Bonchev–Trinajstić information content (AvgIpc) is 2.90. The Morgan fingerprint density at radius 2 is 1.36 bits per heavy atom. The fourth-order valence-corrected chi connectivity index (χ4v) is 3.52. The summed E-state index contributed by atoms with van der Waals surface area (Å²) < 4.78 is 26.6. The number of aromatic hydroxyl groups is 1. The predicted molar refractivity (Wildman–Crippen MR) is 140 cm³/mol. The zero-order chi connectivity index (χ0) is 26.1. The van der Waals surface area contributed by atoms with Crippen LogP contribution in [0.25, 0.3) is 18.2 Å². The van der Waals surface area contributed by atoms with E-state index in [9.17, 15) is 9.90 Å². The first-order valence-electron chi connectivity index (χ1n) is 10.9. The number of methoxy groups -OCH3 is 5. The van der Waals surface area contributed by atoms with E-state index < -0.39 is 0 Å². The van der Waals surface area contributed by atoms with Crippen LogP contribution in [0.1, 0.15) is 16.7 Å². The van der Waals surface area contributed by atoms with Crippen LogP contribution in [-0.2, 0) is 4.79 Å². The molecular formula is C28H29NO7.